The fourth-order valence-electron chi connectivity index (χ4n) is 3.77. The summed E-state index contributed by atoms with van der Waals surface area (Å²) >= 11 is 6.16. The van der Waals surface area contributed by atoms with Gasteiger partial charge in [-0.2, -0.15) is 0 Å². The maximum Gasteiger partial charge on any atom is 0.255 e. The van der Waals surface area contributed by atoms with E-state index in [2.05, 4.69) is 10.3 Å². The van der Waals surface area contributed by atoms with Gasteiger partial charge in [0.2, 0.25) is 5.56 Å². The number of amides is 1. The lowest BCUT2D eigenvalue weighted by molar-refractivity contribution is -0.115. The van der Waals surface area contributed by atoms with Crippen LogP contribution in [0.3, 0.4) is 0 Å². The highest BCUT2D eigenvalue weighted by Gasteiger charge is 2.25. The molecule has 0 aliphatic carbocycles. The summed E-state index contributed by atoms with van der Waals surface area (Å²) in [5, 5.41) is 3.98. The number of pyridine rings is 1. The first-order valence-corrected chi connectivity index (χ1v) is 10.2. The van der Waals surface area contributed by atoms with Gasteiger partial charge in [0.1, 0.15) is 0 Å². The molecule has 1 aliphatic heterocycles. The van der Waals surface area contributed by atoms with Gasteiger partial charge in [0.15, 0.2) is 11.6 Å². The van der Waals surface area contributed by atoms with Gasteiger partial charge < -0.3 is 15.2 Å². The summed E-state index contributed by atoms with van der Waals surface area (Å²) in [5.41, 5.74) is 1.75. The first kappa shape index (κ1) is 21.2. The minimum absolute atomic E-state index is 0.0125. The molecule has 0 bridgehead atoms. The molecule has 8 heteroatoms. The van der Waals surface area contributed by atoms with E-state index < -0.39 is 17.2 Å². The van der Waals surface area contributed by atoms with Gasteiger partial charge in [-0.1, -0.05) is 23.2 Å². The number of fused-ring (bicyclic) bond motifs is 1. The number of anilines is 1. The normalized spacial score (nSPS) is 14.2. The number of nitrogens with zero attached hydrogens (tertiary/aromatic N) is 1. The lowest BCUT2D eigenvalue weighted by Crippen LogP contribution is -2.38. The number of carbonyl (C=O) groups is 1. The molecule has 2 heterocycles. The molecule has 1 aliphatic rings. The molecule has 3 aromatic rings. The number of hydrogen-bond acceptors (Lipinski definition) is 3. The quantitative estimate of drug-likeness (QED) is 0.631. The van der Waals surface area contributed by atoms with Crippen molar-refractivity contribution in [3.8, 4) is 0 Å². The Labute approximate surface area is 182 Å². The lowest BCUT2D eigenvalue weighted by atomic mass is 10.0. The van der Waals surface area contributed by atoms with Crippen molar-refractivity contribution >= 4 is 34.1 Å². The Bertz CT molecular complexity index is 1270. The monoisotopic (exact) mass is 443 g/mol. The summed E-state index contributed by atoms with van der Waals surface area (Å²) in [6.45, 7) is 3.13. The summed E-state index contributed by atoms with van der Waals surface area (Å²) in [5.74, 6) is -2.42. The zero-order chi connectivity index (χ0) is 22.1. The topological polar surface area (TPSA) is 65.2 Å². The molecule has 2 N–H and O–H groups in total. The Morgan fingerprint density at radius 1 is 1.19 bits per heavy atom. The van der Waals surface area contributed by atoms with Crippen molar-refractivity contribution in [2.24, 2.45) is 0 Å². The molecular weight excluding hydrogens is 424 g/mol. The smallest absolute Gasteiger partial charge is 0.255 e. The Morgan fingerprint density at radius 3 is 2.74 bits per heavy atom. The maximum atomic E-state index is 14.3. The van der Waals surface area contributed by atoms with Crippen LogP contribution in [0.4, 0.5) is 14.5 Å². The van der Waals surface area contributed by atoms with Crippen molar-refractivity contribution in [2.45, 2.75) is 19.9 Å². The second kappa shape index (κ2) is 8.61. The highest BCUT2D eigenvalue weighted by Crippen LogP contribution is 2.28. The average molecular weight is 444 g/mol. The minimum Gasteiger partial charge on any atom is -0.319 e. The minimum atomic E-state index is -1.13. The van der Waals surface area contributed by atoms with Crippen LogP contribution in [0, 0.1) is 11.6 Å². The van der Waals surface area contributed by atoms with Gasteiger partial charge in [-0.25, -0.2) is 8.78 Å². The molecule has 0 radical (unpaired) electrons. The summed E-state index contributed by atoms with van der Waals surface area (Å²) in [6.07, 6.45) is 0.753. The summed E-state index contributed by atoms with van der Waals surface area (Å²) in [7, 11) is 0. The van der Waals surface area contributed by atoms with E-state index in [4.69, 9.17) is 11.6 Å². The van der Waals surface area contributed by atoms with Gasteiger partial charge in [-0.15, -0.1) is 0 Å². The number of aromatic nitrogens is 1. The number of nitrogens with one attached hydrogen (secondary N) is 2. The van der Waals surface area contributed by atoms with Crippen molar-refractivity contribution in [3.05, 3.63) is 86.2 Å². The number of benzene rings is 2. The fourth-order valence-corrected chi connectivity index (χ4v) is 3.96. The molecule has 5 nitrogen and oxygen atoms in total. The van der Waals surface area contributed by atoms with E-state index in [-0.39, 0.29) is 18.0 Å². The SMILES string of the molecule is CC1=C(C(=O)N(Cc2cc(=O)[nH]c3c(F)c(F)ccc23)c2cccc(Cl)c2)CNCC1. The second-order valence-corrected chi connectivity index (χ2v) is 7.94. The van der Waals surface area contributed by atoms with Crippen LogP contribution < -0.4 is 15.8 Å². The molecule has 160 valence electrons. The van der Waals surface area contributed by atoms with Crippen molar-refractivity contribution in [3.63, 3.8) is 0 Å². The molecule has 4 rings (SSSR count). The third-order valence-corrected chi connectivity index (χ3v) is 5.67. The van der Waals surface area contributed by atoms with E-state index in [1.54, 1.807) is 24.3 Å². The van der Waals surface area contributed by atoms with Crippen LogP contribution in [0.1, 0.15) is 18.9 Å². The summed E-state index contributed by atoms with van der Waals surface area (Å²) < 4.78 is 28.0. The van der Waals surface area contributed by atoms with Crippen LogP contribution in [-0.2, 0) is 11.3 Å². The number of aromatic amines is 1. The van der Waals surface area contributed by atoms with Crippen LogP contribution in [0.25, 0.3) is 10.9 Å². The zero-order valence-electron chi connectivity index (χ0n) is 16.8. The van der Waals surface area contributed by atoms with Crippen LogP contribution in [0.2, 0.25) is 5.02 Å². The molecule has 0 spiro atoms. The zero-order valence-corrected chi connectivity index (χ0v) is 17.5. The van der Waals surface area contributed by atoms with Gasteiger partial charge >= 0.3 is 0 Å². The predicted molar refractivity (Wildman–Crippen MR) is 117 cm³/mol. The molecule has 0 atom stereocenters. The Hall–Kier alpha value is -3.03. The Balaban J connectivity index is 1.85. The molecule has 1 amide bonds. The first-order chi connectivity index (χ1) is 14.8. The van der Waals surface area contributed by atoms with Crippen molar-refractivity contribution < 1.29 is 13.6 Å². The van der Waals surface area contributed by atoms with E-state index in [1.807, 2.05) is 6.92 Å². The van der Waals surface area contributed by atoms with E-state index >= 15 is 0 Å². The van der Waals surface area contributed by atoms with Gasteiger partial charge in [-0.05, 0) is 55.8 Å². The standard InChI is InChI=1S/C23H20ClF2N3O2/c1-13-7-8-27-11-18(13)23(31)29(16-4-2-3-15(24)10-16)12-14-9-20(30)28-22-17(14)5-6-19(25)21(22)26/h2-6,9-10,27H,7-8,11-12H2,1H3,(H,28,30). The van der Waals surface area contributed by atoms with Crippen molar-refractivity contribution in [1.82, 2.24) is 10.3 Å². The van der Waals surface area contributed by atoms with Gasteiger partial charge in [0, 0.05) is 34.3 Å². The van der Waals surface area contributed by atoms with E-state index in [0.717, 1.165) is 24.6 Å². The summed E-state index contributed by atoms with van der Waals surface area (Å²) in [6, 6.07) is 10.5. The number of hydrogen-bond donors (Lipinski definition) is 2. The van der Waals surface area contributed by atoms with E-state index in [0.29, 0.717) is 33.8 Å². The number of rotatable bonds is 4. The largest absolute Gasteiger partial charge is 0.319 e. The molecule has 0 unspecified atom stereocenters. The van der Waals surface area contributed by atoms with Crippen LogP contribution >= 0.6 is 11.6 Å². The average Bonchev–Trinajstić information content (AvgIpc) is 2.74. The van der Waals surface area contributed by atoms with Crippen LogP contribution in [0.15, 0.2) is 58.4 Å². The van der Waals surface area contributed by atoms with Gasteiger partial charge in [0.25, 0.3) is 5.91 Å². The van der Waals surface area contributed by atoms with Crippen LogP contribution in [-0.4, -0.2) is 24.0 Å². The fraction of sp³-hybridized carbons (Fsp3) is 0.217. The van der Waals surface area contributed by atoms with Crippen molar-refractivity contribution in [1.29, 1.82) is 0 Å². The number of H-pyrrole nitrogens is 1. The van der Waals surface area contributed by atoms with E-state index in [9.17, 15) is 18.4 Å². The molecule has 0 saturated heterocycles. The third kappa shape index (κ3) is 4.24. The number of carbonyl (C=O) groups excluding carboxylic acids is 1. The highest BCUT2D eigenvalue weighted by atomic mass is 35.5. The molecular formula is C23H20ClF2N3O2. The van der Waals surface area contributed by atoms with Crippen LogP contribution in [0.5, 0.6) is 0 Å². The van der Waals surface area contributed by atoms with E-state index in [1.165, 1.54) is 17.0 Å². The van der Waals surface area contributed by atoms with Crippen molar-refractivity contribution in [2.75, 3.05) is 18.0 Å². The Morgan fingerprint density at radius 2 is 2.00 bits per heavy atom. The lowest BCUT2D eigenvalue weighted by Gasteiger charge is -2.28. The van der Waals surface area contributed by atoms with Gasteiger partial charge in [-0.3, -0.25) is 9.59 Å². The molecule has 2 aromatic carbocycles. The number of halogens is 3. The first-order valence-electron chi connectivity index (χ1n) is 9.82. The highest BCUT2D eigenvalue weighted by molar-refractivity contribution is 6.31. The molecule has 0 saturated carbocycles. The summed E-state index contributed by atoms with van der Waals surface area (Å²) in [4.78, 5) is 29.6. The molecule has 31 heavy (non-hydrogen) atoms. The maximum absolute atomic E-state index is 14.3. The predicted octanol–water partition coefficient (Wildman–Crippen LogP) is 4.30. The second-order valence-electron chi connectivity index (χ2n) is 7.50. The third-order valence-electron chi connectivity index (χ3n) is 5.44. The van der Waals surface area contributed by atoms with Gasteiger partial charge in [0.05, 0.1) is 12.1 Å². The molecule has 0 fully saturated rings. The Kier molecular flexibility index (Phi) is 5.89. The molecule has 1 aromatic heterocycles.